The van der Waals surface area contributed by atoms with E-state index in [4.69, 9.17) is 4.42 Å². The Morgan fingerprint density at radius 3 is 2.88 bits per heavy atom. The van der Waals surface area contributed by atoms with E-state index in [9.17, 15) is 0 Å². The van der Waals surface area contributed by atoms with Crippen LogP contribution in [0.25, 0.3) is 0 Å². The molecule has 2 nitrogen and oxygen atoms in total. The first-order valence-electron chi connectivity index (χ1n) is 6.76. The van der Waals surface area contributed by atoms with Crippen molar-refractivity contribution < 1.29 is 4.42 Å². The van der Waals surface area contributed by atoms with Gasteiger partial charge in [0.15, 0.2) is 0 Å². The van der Waals surface area contributed by atoms with Crippen LogP contribution in [-0.4, -0.2) is 6.04 Å². The van der Waals surface area contributed by atoms with E-state index in [0.29, 0.717) is 17.5 Å². The second kappa shape index (κ2) is 4.49. The van der Waals surface area contributed by atoms with Gasteiger partial charge in [-0.1, -0.05) is 20.8 Å². The largest absolute Gasteiger partial charge is 0.466 e. The first-order chi connectivity index (χ1) is 7.91. The van der Waals surface area contributed by atoms with E-state index >= 15 is 0 Å². The minimum Gasteiger partial charge on any atom is -0.466 e. The van der Waals surface area contributed by atoms with Crippen molar-refractivity contribution >= 4 is 0 Å². The van der Waals surface area contributed by atoms with Gasteiger partial charge < -0.3 is 9.73 Å². The van der Waals surface area contributed by atoms with Gasteiger partial charge >= 0.3 is 0 Å². The van der Waals surface area contributed by atoms with Gasteiger partial charge in [0.25, 0.3) is 0 Å². The van der Waals surface area contributed by atoms with Crippen LogP contribution in [-0.2, 0) is 6.42 Å². The van der Waals surface area contributed by atoms with Gasteiger partial charge in [0.1, 0.15) is 11.5 Å². The van der Waals surface area contributed by atoms with Crippen LogP contribution in [0.3, 0.4) is 0 Å². The molecule has 1 heterocycles. The molecule has 0 amide bonds. The Balaban J connectivity index is 2.26. The fourth-order valence-corrected chi connectivity index (χ4v) is 2.79. The molecule has 2 atom stereocenters. The number of fused-ring (bicyclic) bond motifs is 1. The lowest BCUT2D eigenvalue weighted by molar-refractivity contribution is 0.225. The number of furan rings is 1. The van der Waals surface area contributed by atoms with Crippen molar-refractivity contribution in [3.05, 3.63) is 23.2 Å². The second-order valence-corrected chi connectivity index (χ2v) is 6.31. The first-order valence-corrected chi connectivity index (χ1v) is 6.76. The van der Waals surface area contributed by atoms with E-state index in [1.165, 1.54) is 24.2 Å². The summed E-state index contributed by atoms with van der Waals surface area (Å²) in [6, 6.07) is 3.24. The Hall–Kier alpha value is -0.760. The Morgan fingerprint density at radius 1 is 1.53 bits per heavy atom. The Kier molecular flexibility index (Phi) is 3.35. The van der Waals surface area contributed by atoms with Crippen molar-refractivity contribution in [2.75, 3.05) is 0 Å². The maximum atomic E-state index is 5.85. The summed E-state index contributed by atoms with van der Waals surface area (Å²) in [6.45, 7) is 11.2. The molecule has 0 aliphatic heterocycles. The molecule has 17 heavy (non-hydrogen) atoms. The highest BCUT2D eigenvalue weighted by atomic mass is 16.3. The van der Waals surface area contributed by atoms with Crippen LogP contribution in [0.4, 0.5) is 0 Å². The summed E-state index contributed by atoms with van der Waals surface area (Å²) in [5.74, 6) is 2.24. The van der Waals surface area contributed by atoms with Crippen molar-refractivity contribution in [3.8, 4) is 0 Å². The third-order valence-electron chi connectivity index (χ3n) is 3.83. The van der Waals surface area contributed by atoms with E-state index in [1.54, 1.807) is 0 Å². The van der Waals surface area contributed by atoms with Crippen molar-refractivity contribution in [2.24, 2.45) is 5.41 Å². The van der Waals surface area contributed by atoms with Gasteiger partial charge in [0.2, 0.25) is 0 Å². The summed E-state index contributed by atoms with van der Waals surface area (Å²) in [5.41, 5.74) is 1.73. The SMILES string of the molecule is CCC(C)NC1CC(C)(C)Cc2oc(C)cc21. The molecule has 1 aliphatic carbocycles. The highest BCUT2D eigenvalue weighted by Crippen LogP contribution is 2.42. The van der Waals surface area contributed by atoms with Gasteiger partial charge in [0, 0.05) is 24.1 Å². The van der Waals surface area contributed by atoms with E-state index in [1.807, 2.05) is 6.92 Å². The van der Waals surface area contributed by atoms with Gasteiger partial charge in [-0.2, -0.15) is 0 Å². The molecular weight excluding hydrogens is 210 g/mol. The molecule has 2 heteroatoms. The standard InChI is InChI=1S/C15H25NO/c1-6-10(2)16-13-8-15(4,5)9-14-12(13)7-11(3)17-14/h7,10,13,16H,6,8-9H2,1-5H3. The first kappa shape index (κ1) is 12.7. The zero-order chi connectivity index (χ0) is 12.6. The van der Waals surface area contributed by atoms with E-state index in [-0.39, 0.29) is 0 Å². The Morgan fingerprint density at radius 2 is 2.24 bits per heavy atom. The van der Waals surface area contributed by atoms with Crippen LogP contribution in [0.15, 0.2) is 10.5 Å². The summed E-state index contributed by atoms with van der Waals surface area (Å²) in [4.78, 5) is 0. The predicted octanol–water partition coefficient (Wildman–Crippen LogP) is 3.99. The molecular formula is C15H25NO. The molecule has 2 unspecified atom stereocenters. The lowest BCUT2D eigenvalue weighted by Gasteiger charge is -2.36. The van der Waals surface area contributed by atoms with Gasteiger partial charge in [-0.15, -0.1) is 0 Å². The van der Waals surface area contributed by atoms with Crippen molar-refractivity contribution in [3.63, 3.8) is 0 Å². The number of hydrogen-bond donors (Lipinski definition) is 1. The fourth-order valence-electron chi connectivity index (χ4n) is 2.79. The molecule has 0 aromatic carbocycles. The summed E-state index contributed by atoms with van der Waals surface area (Å²) >= 11 is 0. The molecule has 0 bridgehead atoms. The average Bonchev–Trinajstić information content (AvgIpc) is 2.56. The molecule has 0 radical (unpaired) electrons. The van der Waals surface area contributed by atoms with Crippen LogP contribution < -0.4 is 5.32 Å². The van der Waals surface area contributed by atoms with Gasteiger partial charge in [0.05, 0.1) is 0 Å². The predicted molar refractivity (Wildman–Crippen MR) is 71.2 cm³/mol. The van der Waals surface area contributed by atoms with Crippen LogP contribution in [0.5, 0.6) is 0 Å². The fraction of sp³-hybridized carbons (Fsp3) is 0.733. The zero-order valence-corrected chi connectivity index (χ0v) is 11.8. The van der Waals surface area contributed by atoms with Crippen molar-refractivity contribution in [1.82, 2.24) is 5.32 Å². The summed E-state index contributed by atoms with van der Waals surface area (Å²) in [6.07, 6.45) is 3.43. The smallest absolute Gasteiger partial charge is 0.109 e. The molecule has 1 aliphatic rings. The van der Waals surface area contributed by atoms with Crippen LogP contribution >= 0.6 is 0 Å². The maximum Gasteiger partial charge on any atom is 0.109 e. The monoisotopic (exact) mass is 235 g/mol. The minimum absolute atomic E-state index is 0.336. The lowest BCUT2D eigenvalue weighted by atomic mass is 9.74. The average molecular weight is 235 g/mol. The number of nitrogens with one attached hydrogen (secondary N) is 1. The quantitative estimate of drug-likeness (QED) is 0.857. The Bertz CT molecular complexity index is 392. The van der Waals surface area contributed by atoms with E-state index < -0.39 is 0 Å². The third-order valence-corrected chi connectivity index (χ3v) is 3.83. The summed E-state index contributed by atoms with van der Waals surface area (Å²) in [5, 5.41) is 3.73. The number of aryl methyl sites for hydroxylation is 1. The van der Waals surface area contributed by atoms with E-state index in [0.717, 1.165) is 12.2 Å². The lowest BCUT2D eigenvalue weighted by Crippen LogP contribution is -2.36. The molecule has 0 saturated carbocycles. The molecule has 0 spiro atoms. The van der Waals surface area contributed by atoms with Gasteiger partial charge in [-0.05, 0) is 38.2 Å². The normalized spacial score (nSPS) is 24.4. The maximum absolute atomic E-state index is 5.85. The topological polar surface area (TPSA) is 25.2 Å². The van der Waals surface area contributed by atoms with Crippen molar-refractivity contribution in [2.45, 2.75) is 66.0 Å². The highest BCUT2D eigenvalue weighted by Gasteiger charge is 2.34. The summed E-state index contributed by atoms with van der Waals surface area (Å²) < 4.78 is 5.85. The Labute approximate surface area is 105 Å². The molecule has 0 saturated heterocycles. The molecule has 1 N–H and O–H groups in total. The number of hydrogen-bond acceptors (Lipinski definition) is 2. The second-order valence-electron chi connectivity index (χ2n) is 6.31. The summed E-state index contributed by atoms with van der Waals surface area (Å²) in [7, 11) is 0. The van der Waals surface area contributed by atoms with Crippen LogP contribution in [0, 0.1) is 12.3 Å². The van der Waals surface area contributed by atoms with Crippen LogP contribution in [0.1, 0.15) is 63.7 Å². The minimum atomic E-state index is 0.336. The third kappa shape index (κ3) is 2.74. The highest BCUT2D eigenvalue weighted by molar-refractivity contribution is 5.29. The zero-order valence-electron chi connectivity index (χ0n) is 11.8. The molecule has 1 aromatic heterocycles. The number of rotatable bonds is 3. The van der Waals surface area contributed by atoms with Gasteiger partial charge in [-0.3, -0.25) is 0 Å². The molecule has 0 fully saturated rings. The molecule has 96 valence electrons. The molecule has 1 aromatic rings. The van der Waals surface area contributed by atoms with Gasteiger partial charge in [-0.25, -0.2) is 0 Å². The van der Waals surface area contributed by atoms with Crippen molar-refractivity contribution in [1.29, 1.82) is 0 Å². The van der Waals surface area contributed by atoms with Crippen LogP contribution in [0.2, 0.25) is 0 Å². The van der Waals surface area contributed by atoms with E-state index in [2.05, 4.69) is 39.1 Å². The molecule has 2 rings (SSSR count).